The number of benzene rings is 2. The highest BCUT2D eigenvalue weighted by molar-refractivity contribution is 5.76. The van der Waals surface area contributed by atoms with Crippen LogP contribution in [0.3, 0.4) is 0 Å². The maximum absolute atomic E-state index is 11.6. The van der Waals surface area contributed by atoms with Crippen LogP contribution < -0.4 is 4.74 Å². The van der Waals surface area contributed by atoms with E-state index in [2.05, 4.69) is 0 Å². The van der Waals surface area contributed by atoms with Gasteiger partial charge in [-0.15, -0.1) is 0 Å². The highest BCUT2D eigenvalue weighted by Gasteiger charge is 2.21. The van der Waals surface area contributed by atoms with Crippen molar-refractivity contribution >= 4 is 5.97 Å². The highest BCUT2D eigenvalue weighted by atomic mass is 16.5. The molecule has 1 N–H and O–H groups in total. The number of hydrogen-bond donors (Lipinski definition) is 1. The van der Waals surface area contributed by atoms with E-state index in [0.29, 0.717) is 12.8 Å². The third-order valence-corrected chi connectivity index (χ3v) is 3.83. The largest absolute Gasteiger partial charge is 0.497 e. The van der Waals surface area contributed by atoms with Gasteiger partial charge in [-0.05, 0) is 41.7 Å². The molecule has 1 atom stereocenters. The fourth-order valence-corrected chi connectivity index (χ4v) is 2.74. The quantitative estimate of drug-likeness (QED) is 0.831. The second-order valence-corrected chi connectivity index (χ2v) is 5.41. The molecule has 22 heavy (non-hydrogen) atoms. The van der Waals surface area contributed by atoms with E-state index in [1.807, 2.05) is 55.5 Å². The monoisotopic (exact) mass is 298 g/mol. The van der Waals surface area contributed by atoms with Crippen LogP contribution in [0, 0.1) is 0 Å². The van der Waals surface area contributed by atoms with Crippen molar-refractivity contribution in [3.63, 3.8) is 0 Å². The Bertz CT molecular complexity index is 634. The smallest absolute Gasteiger partial charge is 0.310 e. The van der Waals surface area contributed by atoms with Crippen LogP contribution in [-0.2, 0) is 11.2 Å². The lowest BCUT2D eigenvalue weighted by molar-refractivity contribution is -0.139. The predicted octanol–water partition coefficient (Wildman–Crippen LogP) is 4.25. The molecule has 3 nitrogen and oxygen atoms in total. The summed E-state index contributed by atoms with van der Waals surface area (Å²) in [6, 6.07) is 15.7. The minimum absolute atomic E-state index is 0.438. The number of methoxy groups -OCH3 is 1. The number of carbonyl (C=O) groups is 1. The van der Waals surface area contributed by atoms with Crippen LogP contribution in [0.4, 0.5) is 0 Å². The van der Waals surface area contributed by atoms with Gasteiger partial charge in [-0.2, -0.15) is 0 Å². The minimum atomic E-state index is -0.750. The zero-order valence-corrected chi connectivity index (χ0v) is 13.1. The molecule has 0 aliphatic heterocycles. The van der Waals surface area contributed by atoms with Crippen molar-refractivity contribution in [1.82, 2.24) is 0 Å². The van der Waals surface area contributed by atoms with Gasteiger partial charge in [0, 0.05) is 0 Å². The van der Waals surface area contributed by atoms with E-state index in [1.165, 1.54) is 0 Å². The first kappa shape index (κ1) is 16.1. The molecule has 0 radical (unpaired) electrons. The fourth-order valence-electron chi connectivity index (χ4n) is 2.74. The molecule has 3 heteroatoms. The standard InChI is InChI=1S/C19H22O3/c1-3-7-18(19(20)21)17-11-5-4-9-15(17)12-14-8-6-10-16(13-14)22-2/h4-6,8-11,13,18H,3,7,12H2,1-2H3,(H,20,21). The Morgan fingerprint density at radius 3 is 2.64 bits per heavy atom. The average molecular weight is 298 g/mol. The van der Waals surface area contributed by atoms with Crippen LogP contribution in [0.5, 0.6) is 5.75 Å². The lowest BCUT2D eigenvalue weighted by Crippen LogP contribution is -2.13. The van der Waals surface area contributed by atoms with E-state index in [9.17, 15) is 9.90 Å². The molecule has 2 aromatic rings. The fraction of sp³-hybridized carbons (Fsp3) is 0.316. The van der Waals surface area contributed by atoms with E-state index in [1.54, 1.807) is 7.11 Å². The van der Waals surface area contributed by atoms with Crippen molar-refractivity contribution in [2.24, 2.45) is 0 Å². The number of aliphatic carboxylic acids is 1. The molecule has 0 heterocycles. The maximum Gasteiger partial charge on any atom is 0.310 e. The van der Waals surface area contributed by atoms with E-state index in [-0.39, 0.29) is 0 Å². The van der Waals surface area contributed by atoms with Crippen LogP contribution in [0.15, 0.2) is 48.5 Å². The summed E-state index contributed by atoms with van der Waals surface area (Å²) in [6.45, 7) is 2.01. The summed E-state index contributed by atoms with van der Waals surface area (Å²) >= 11 is 0. The first-order valence-electron chi connectivity index (χ1n) is 7.59. The molecule has 0 saturated carbocycles. The molecule has 0 amide bonds. The molecule has 0 aromatic heterocycles. The van der Waals surface area contributed by atoms with Crippen molar-refractivity contribution in [2.45, 2.75) is 32.1 Å². The lowest BCUT2D eigenvalue weighted by Gasteiger charge is -2.16. The Hall–Kier alpha value is -2.29. The van der Waals surface area contributed by atoms with Crippen LogP contribution in [-0.4, -0.2) is 18.2 Å². The first-order chi connectivity index (χ1) is 10.7. The van der Waals surface area contributed by atoms with Gasteiger partial charge >= 0.3 is 5.97 Å². The van der Waals surface area contributed by atoms with Gasteiger partial charge < -0.3 is 9.84 Å². The molecule has 2 aromatic carbocycles. The average Bonchev–Trinajstić information content (AvgIpc) is 2.53. The van der Waals surface area contributed by atoms with Crippen molar-refractivity contribution in [3.05, 3.63) is 65.2 Å². The first-order valence-corrected chi connectivity index (χ1v) is 7.59. The van der Waals surface area contributed by atoms with Gasteiger partial charge in [0.05, 0.1) is 13.0 Å². The van der Waals surface area contributed by atoms with Crippen molar-refractivity contribution in [1.29, 1.82) is 0 Å². The number of rotatable bonds is 7. The minimum Gasteiger partial charge on any atom is -0.497 e. The van der Waals surface area contributed by atoms with Gasteiger partial charge in [-0.3, -0.25) is 4.79 Å². The normalized spacial score (nSPS) is 11.9. The lowest BCUT2D eigenvalue weighted by atomic mass is 9.88. The Morgan fingerprint density at radius 1 is 1.18 bits per heavy atom. The summed E-state index contributed by atoms with van der Waals surface area (Å²) in [5, 5.41) is 9.51. The molecule has 0 aliphatic carbocycles. The molecular formula is C19H22O3. The molecule has 0 saturated heterocycles. The summed E-state index contributed by atoms with van der Waals surface area (Å²) in [6.07, 6.45) is 2.22. The molecule has 0 aliphatic rings. The third-order valence-electron chi connectivity index (χ3n) is 3.83. The third kappa shape index (κ3) is 3.88. The summed E-state index contributed by atoms with van der Waals surface area (Å²) in [7, 11) is 1.65. The number of ether oxygens (including phenoxy) is 1. The zero-order valence-electron chi connectivity index (χ0n) is 13.1. The highest BCUT2D eigenvalue weighted by Crippen LogP contribution is 2.27. The maximum atomic E-state index is 11.6. The van der Waals surface area contributed by atoms with E-state index in [0.717, 1.165) is 28.9 Å². The summed E-state index contributed by atoms with van der Waals surface area (Å²) in [5.74, 6) is -0.370. The Kier molecular flexibility index (Phi) is 5.59. The Balaban J connectivity index is 2.33. The Labute approximate surface area is 131 Å². The zero-order chi connectivity index (χ0) is 15.9. The van der Waals surface area contributed by atoms with E-state index < -0.39 is 11.9 Å². The molecule has 0 bridgehead atoms. The van der Waals surface area contributed by atoms with E-state index in [4.69, 9.17) is 4.74 Å². The topological polar surface area (TPSA) is 46.5 Å². The second-order valence-electron chi connectivity index (χ2n) is 5.41. The number of carboxylic acids is 1. The molecular weight excluding hydrogens is 276 g/mol. The molecule has 0 spiro atoms. The van der Waals surface area contributed by atoms with E-state index >= 15 is 0 Å². The van der Waals surface area contributed by atoms with Crippen LogP contribution in [0.25, 0.3) is 0 Å². The predicted molar refractivity (Wildman–Crippen MR) is 87.5 cm³/mol. The van der Waals surface area contributed by atoms with Gasteiger partial charge in [0.15, 0.2) is 0 Å². The van der Waals surface area contributed by atoms with Crippen LogP contribution >= 0.6 is 0 Å². The van der Waals surface area contributed by atoms with Crippen LogP contribution in [0.2, 0.25) is 0 Å². The summed E-state index contributed by atoms with van der Waals surface area (Å²) in [4.78, 5) is 11.6. The molecule has 2 rings (SSSR count). The Morgan fingerprint density at radius 2 is 1.95 bits per heavy atom. The molecule has 1 unspecified atom stereocenters. The van der Waals surface area contributed by atoms with Gasteiger partial charge in [-0.25, -0.2) is 0 Å². The summed E-state index contributed by atoms with van der Waals surface area (Å²) in [5.41, 5.74) is 3.10. The number of carboxylic acid groups (broad SMARTS) is 1. The summed E-state index contributed by atoms with van der Waals surface area (Å²) < 4.78 is 5.25. The van der Waals surface area contributed by atoms with Gasteiger partial charge in [-0.1, -0.05) is 49.7 Å². The second kappa shape index (κ2) is 7.64. The molecule has 116 valence electrons. The van der Waals surface area contributed by atoms with Crippen molar-refractivity contribution in [3.8, 4) is 5.75 Å². The number of hydrogen-bond acceptors (Lipinski definition) is 2. The van der Waals surface area contributed by atoms with Gasteiger partial charge in [0.1, 0.15) is 5.75 Å². The van der Waals surface area contributed by atoms with Crippen molar-refractivity contribution in [2.75, 3.05) is 7.11 Å². The van der Waals surface area contributed by atoms with Crippen molar-refractivity contribution < 1.29 is 14.6 Å². The molecule has 0 fully saturated rings. The van der Waals surface area contributed by atoms with Gasteiger partial charge in [0.25, 0.3) is 0 Å². The van der Waals surface area contributed by atoms with Gasteiger partial charge in [0.2, 0.25) is 0 Å². The van der Waals surface area contributed by atoms with Crippen LogP contribution in [0.1, 0.15) is 42.4 Å². The SMILES string of the molecule is CCCC(C(=O)O)c1ccccc1Cc1cccc(OC)c1.